The molecule has 0 saturated carbocycles. The number of nitrogens with zero attached hydrogens (tertiary/aromatic N) is 8. The molecule has 8 aromatic rings. The van der Waals surface area contributed by atoms with E-state index in [2.05, 4.69) is 143 Å². The molecule has 0 spiro atoms. The third kappa shape index (κ3) is 6.21. The van der Waals surface area contributed by atoms with Gasteiger partial charge in [-0.3, -0.25) is 9.97 Å². The van der Waals surface area contributed by atoms with Gasteiger partial charge in [-0.25, -0.2) is 15.0 Å². The lowest BCUT2D eigenvalue weighted by molar-refractivity contribution is 0.608. The highest BCUT2D eigenvalue weighted by atomic mass is 32.2. The molecule has 0 aliphatic carbocycles. The third-order valence-electron chi connectivity index (χ3n) is 11.1. The van der Waals surface area contributed by atoms with E-state index in [1.54, 1.807) is 0 Å². The highest BCUT2D eigenvalue weighted by molar-refractivity contribution is 7.99. The van der Waals surface area contributed by atoms with E-state index in [9.17, 15) is 0 Å². The van der Waals surface area contributed by atoms with Gasteiger partial charge in [-0.2, -0.15) is 0 Å². The smallest absolute Gasteiger partial charge is 0.400 e. The average Bonchev–Trinajstić information content (AvgIpc) is 3.29. The summed E-state index contributed by atoms with van der Waals surface area (Å²) in [6.07, 6.45) is 7.40. The van der Waals surface area contributed by atoms with Gasteiger partial charge in [0.1, 0.15) is 17.5 Å². The van der Waals surface area contributed by atoms with Crippen LogP contribution >= 0.6 is 11.8 Å². The molecular formula is C46H37B3N8S. The van der Waals surface area contributed by atoms with Crippen LogP contribution in [0.4, 0.5) is 17.5 Å². The lowest BCUT2D eigenvalue weighted by Gasteiger charge is -2.54. The Balaban J connectivity index is 1.25. The van der Waals surface area contributed by atoms with Crippen molar-refractivity contribution in [2.75, 3.05) is 14.2 Å². The van der Waals surface area contributed by atoms with Crippen LogP contribution in [0.2, 0.25) is 0 Å². The normalized spacial score (nSPS) is 14.6. The number of benzene rings is 3. The molecule has 12 heteroatoms. The first kappa shape index (κ1) is 35.7. The maximum absolute atomic E-state index is 5.66. The number of rotatable bonds is 7. The van der Waals surface area contributed by atoms with Gasteiger partial charge < -0.3 is 14.2 Å². The highest BCUT2D eigenvalue weighted by Gasteiger charge is 2.58. The minimum Gasteiger partial charge on any atom is -0.400 e. The van der Waals surface area contributed by atoms with Gasteiger partial charge in [0.2, 0.25) is 0 Å². The predicted octanol–water partition coefficient (Wildman–Crippen LogP) is 7.14. The Morgan fingerprint density at radius 1 is 0.448 bits per heavy atom. The van der Waals surface area contributed by atoms with Crippen LogP contribution in [0.1, 0.15) is 25.0 Å². The summed E-state index contributed by atoms with van der Waals surface area (Å²) >= 11 is 1.83. The van der Waals surface area contributed by atoms with Gasteiger partial charge in [0.05, 0.1) is 16.9 Å². The number of pyridine rings is 5. The Hall–Kier alpha value is -6.65. The summed E-state index contributed by atoms with van der Waals surface area (Å²) in [7, 11) is 0. The van der Waals surface area contributed by atoms with Crippen molar-refractivity contribution in [1.82, 2.24) is 24.9 Å². The monoisotopic (exact) mass is 766 g/mol. The minimum absolute atomic E-state index is 0.174. The Labute approximate surface area is 344 Å². The molecule has 0 bridgehead atoms. The molecule has 8 nitrogen and oxygen atoms in total. The number of fused-ring (bicyclic) bond motifs is 2. The van der Waals surface area contributed by atoms with Crippen molar-refractivity contribution in [3.63, 3.8) is 0 Å². The van der Waals surface area contributed by atoms with E-state index in [1.807, 2.05) is 85.1 Å². The second-order valence-corrected chi connectivity index (χ2v) is 16.0. The fourth-order valence-corrected chi connectivity index (χ4v) is 10.0. The highest BCUT2D eigenvalue weighted by Crippen LogP contribution is 2.52. The third-order valence-corrected chi connectivity index (χ3v) is 12.4. The van der Waals surface area contributed by atoms with E-state index >= 15 is 0 Å². The molecule has 7 heterocycles. The number of aromatic nitrogens is 5. The Bertz CT molecular complexity index is 2590. The van der Waals surface area contributed by atoms with Gasteiger partial charge in [0.15, 0.2) is 0 Å². The van der Waals surface area contributed by atoms with Crippen LogP contribution in [-0.4, -0.2) is 45.9 Å². The van der Waals surface area contributed by atoms with E-state index in [4.69, 9.17) is 24.9 Å². The van der Waals surface area contributed by atoms with Gasteiger partial charge in [-0.05, 0) is 83.3 Å². The van der Waals surface area contributed by atoms with E-state index in [-0.39, 0.29) is 5.41 Å². The van der Waals surface area contributed by atoms with Gasteiger partial charge in [-0.15, -0.1) is 0 Å². The summed E-state index contributed by atoms with van der Waals surface area (Å²) in [5.41, 5.74) is 7.21. The van der Waals surface area contributed by atoms with Gasteiger partial charge in [0.25, 0.3) is 0 Å². The fraction of sp³-hybridized carbons (Fsp3) is 0.0652. The molecule has 1 fully saturated rings. The summed E-state index contributed by atoms with van der Waals surface area (Å²) in [6, 6.07) is 56.7. The molecule has 0 radical (unpaired) electrons. The molecule has 58 heavy (non-hydrogen) atoms. The van der Waals surface area contributed by atoms with E-state index in [1.165, 1.54) is 20.9 Å². The van der Waals surface area contributed by atoms with Crippen molar-refractivity contribution in [1.29, 1.82) is 0 Å². The van der Waals surface area contributed by atoms with E-state index in [0.717, 1.165) is 45.4 Å². The average molecular weight is 766 g/mol. The number of anilines is 3. The summed E-state index contributed by atoms with van der Waals surface area (Å²) in [5, 5.41) is 0. The topological polar surface area (TPSA) is 74.2 Å². The molecule has 0 amide bonds. The van der Waals surface area contributed by atoms with Crippen molar-refractivity contribution in [3.05, 3.63) is 200 Å². The number of hydrogen-bond acceptors (Lipinski definition) is 9. The molecule has 0 N–H and O–H groups in total. The summed E-state index contributed by atoms with van der Waals surface area (Å²) in [4.78, 5) is 28.4. The molecule has 0 atom stereocenters. The van der Waals surface area contributed by atoms with Crippen LogP contribution in [0, 0.1) is 0 Å². The number of hydrogen-bond donors (Lipinski definition) is 0. The molecule has 0 unspecified atom stereocenters. The largest absolute Gasteiger partial charge is 0.410 e. The van der Waals surface area contributed by atoms with Gasteiger partial charge in [-0.1, -0.05) is 123 Å². The first-order chi connectivity index (χ1) is 28.6. The first-order valence-corrected chi connectivity index (χ1v) is 20.3. The van der Waals surface area contributed by atoms with Crippen LogP contribution < -0.4 is 30.8 Å². The maximum Gasteiger partial charge on any atom is 0.410 e. The van der Waals surface area contributed by atoms with E-state index < -0.39 is 20.9 Å². The Morgan fingerprint density at radius 3 is 1.59 bits per heavy atom. The second-order valence-electron chi connectivity index (χ2n) is 14.9. The SMILES string of the molecule is CC1(C)c2ccccc2Sc2c(-c3cccc(N4B(c5ccccc5)N(c5ccccn5)B(c5ccccn5)N(c5ccccn5)B4c4ccccn4)n3)cccc21. The molecule has 2 aliphatic heterocycles. The van der Waals surface area contributed by atoms with E-state index in [0.29, 0.717) is 0 Å². The van der Waals surface area contributed by atoms with Gasteiger partial charge in [0, 0.05) is 45.6 Å². The van der Waals surface area contributed by atoms with Crippen LogP contribution in [-0.2, 0) is 5.41 Å². The standard InChI is InChI=1S/C46H37B3N8S/c1-46(2)36-21-6-7-24-39(36)58-45-35(20-16-22-37(45)46)38-23-17-29-44(54-38)57-47(34-18-4-3-5-19-34)55(42-27-10-14-32-52-42)48(40-25-8-12-30-50-40)56(43-28-11-15-33-53-43)49(57)41-26-9-13-31-51-41/h3-33H,1-2H3. The van der Waals surface area contributed by atoms with Gasteiger partial charge >= 0.3 is 20.9 Å². The molecule has 5 aromatic heterocycles. The van der Waals surface area contributed by atoms with Crippen molar-refractivity contribution < 1.29 is 0 Å². The summed E-state index contributed by atoms with van der Waals surface area (Å²) < 4.78 is 7.04. The zero-order valence-electron chi connectivity index (χ0n) is 32.1. The maximum atomic E-state index is 5.66. The minimum atomic E-state index is -0.499. The lowest BCUT2D eigenvalue weighted by atomic mass is 9.39. The predicted molar refractivity (Wildman–Crippen MR) is 239 cm³/mol. The second kappa shape index (κ2) is 15.0. The molecule has 10 rings (SSSR count). The molecule has 2 aliphatic rings. The zero-order valence-corrected chi connectivity index (χ0v) is 32.9. The fourth-order valence-electron chi connectivity index (χ4n) is 8.53. The Morgan fingerprint density at radius 2 is 0.966 bits per heavy atom. The van der Waals surface area contributed by atoms with Crippen molar-refractivity contribution in [2.24, 2.45) is 0 Å². The zero-order chi connectivity index (χ0) is 39.1. The molecular weight excluding hydrogens is 729 g/mol. The van der Waals surface area contributed by atoms with Crippen LogP contribution in [0.25, 0.3) is 11.3 Å². The molecule has 1 saturated heterocycles. The van der Waals surface area contributed by atoms with Crippen molar-refractivity contribution in [2.45, 2.75) is 29.1 Å². The van der Waals surface area contributed by atoms with Crippen molar-refractivity contribution >= 4 is 66.8 Å². The van der Waals surface area contributed by atoms with Crippen LogP contribution in [0.3, 0.4) is 0 Å². The summed E-state index contributed by atoms with van der Waals surface area (Å²) in [5.74, 6) is 2.32. The van der Waals surface area contributed by atoms with Crippen LogP contribution in [0.5, 0.6) is 0 Å². The quantitative estimate of drug-likeness (QED) is 0.158. The summed E-state index contributed by atoms with van der Waals surface area (Å²) in [6.45, 7) is 3.25. The van der Waals surface area contributed by atoms with Crippen molar-refractivity contribution in [3.8, 4) is 11.3 Å². The first-order valence-electron chi connectivity index (χ1n) is 19.5. The molecule has 3 aromatic carbocycles. The lowest BCUT2D eigenvalue weighted by Crippen LogP contribution is -2.87. The molecule has 276 valence electrons. The van der Waals surface area contributed by atoms with Crippen LogP contribution in [0.15, 0.2) is 198 Å². The Kier molecular flexibility index (Phi) is 9.26.